The van der Waals surface area contributed by atoms with Gasteiger partial charge in [0, 0.05) is 31.0 Å². The van der Waals surface area contributed by atoms with Crippen LogP contribution in [0.15, 0.2) is 35.7 Å². The maximum Gasteiger partial charge on any atom is 0.242 e. The smallest absolute Gasteiger partial charge is 0.242 e. The number of ether oxygens (including phenoxy) is 3. The molecule has 2 aliphatic rings. The Bertz CT molecular complexity index is 972. The molecule has 8 heteroatoms. The first-order chi connectivity index (χ1) is 16.6. The van der Waals surface area contributed by atoms with E-state index in [0.717, 1.165) is 37.7 Å². The van der Waals surface area contributed by atoms with Gasteiger partial charge in [0.05, 0.1) is 26.3 Å². The second kappa shape index (κ2) is 11.7. The molecule has 1 aromatic carbocycles. The number of carbonyl (C=O) groups excluding carboxylic acids is 2. The Morgan fingerprint density at radius 1 is 1.12 bits per heavy atom. The van der Waals surface area contributed by atoms with E-state index in [1.54, 1.807) is 30.5 Å². The highest BCUT2D eigenvalue weighted by Crippen LogP contribution is 2.35. The Hall–Kier alpha value is -2.58. The van der Waals surface area contributed by atoms with Crippen LogP contribution in [0.5, 0.6) is 11.5 Å². The number of nitrogens with zero attached hydrogens (tertiary/aromatic N) is 2. The number of benzene rings is 1. The quantitative estimate of drug-likeness (QED) is 0.509. The van der Waals surface area contributed by atoms with Crippen molar-refractivity contribution in [3.63, 3.8) is 0 Å². The van der Waals surface area contributed by atoms with Crippen molar-refractivity contribution >= 4 is 23.2 Å². The molecular formula is C26H34N2O5S. The third-order valence-electron chi connectivity index (χ3n) is 6.79. The SMILES string of the molecule is COCCN(CC(=O)N1CCc2sccc2[C@@H]1COc1ccccc1OC)C(=O)C1CCCC1. The van der Waals surface area contributed by atoms with Crippen molar-refractivity contribution in [2.24, 2.45) is 5.92 Å². The molecule has 1 fully saturated rings. The van der Waals surface area contributed by atoms with Crippen LogP contribution >= 0.6 is 11.3 Å². The Morgan fingerprint density at radius 2 is 1.88 bits per heavy atom. The fourth-order valence-electron chi connectivity index (χ4n) is 4.94. The van der Waals surface area contributed by atoms with Gasteiger partial charge in [-0.2, -0.15) is 0 Å². The minimum Gasteiger partial charge on any atom is -0.493 e. The van der Waals surface area contributed by atoms with E-state index in [2.05, 4.69) is 11.4 Å². The molecule has 1 aromatic heterocycles. The summed E-state index contributed by atoms with van der Waals surface area (Å²) in [7, 11) is 3.24. The number of hydrogen-bond donors (Lipinski definition) is 0. The predicted molar refractivity (Wildman–Crippen MR) is 131 cm³/mol. The summed E-state index contributed by atoms with van der Waals surface area (Å²) in [5.41, 5.74) is 1.13. The lowest BCUT2D eigenvalue weighted by atomic mass is 10.00. The molecule has 7 nitrogen and oxygen atoms in total. The zero-order valence-corrected chi connectivity index (χ0v) is 20.9. The van der Waals surface area contributed by atoms with E-state index in [1.165, 1.54) is 4.88 Å². The van der Waals surface area contributed by atoms with Crippen molar-refractivity contribution in [2.45, 2.75) is 38.1 Å². The summed E-state index contributed by atoms with van der Waals surface area (Å²) in [4.78, 5) is 31.6. The highest BCUT2D eigenvalue weighted by molar-refractivity contribution is 7.10. The highest BCUT2D eigenvalue weighted by atomic mass is 32.1. The predicted octanol–water partition coefficient (Wildman–Crippen LogP) is 3.93. The number of thiophene rings is 1. The average molecular weight is 487 g/mol. The first-order valence-electron chi connectivity index (χ1n) is 12.0. The Balaban J connectivity index is 1.50. The monoisotopic (exact) mass is 486 g/mol. The molecular weight excluding hydrogens is 452 g/mol. The van der Waals surface area contributed by atoms with Crippen molar-refractivity contribution in [3.05, 3.63) is 46.2 Å². The lowest BCUT2D eigenvalue weighted by Crippen LogP contribution is -2.49. The fourth-order valence-corrected chi connectivity index (χ4v) is 5.86. The third-order valence-corrected chi connectivity index (χ3v) is 7.79. The summed E-state index contributed by atoms with van der Waals surface area (Å²) in [5, 5.41) is 2.07. The number of rotatable bonds is 10. The fraction of sp³-hybridized carbons (Fsp3) is 0.538. The zero-order valence-electron chi connectivity index (χ0n) is 20.0. The van der Waals surface area contributed by atoms with Crippen LogP contribution in [0.25, 0.3) is 0 Å². The van der Waals surface area contributed by atoms with E-state index in [1.807, 2.05) is 29.2 Å². The molecule has 0 radical (unpaired) electrons. The van der Waals surface area contributed by atoms with E-state index >= 15 is 0 Å². The summed E-state index contributed by atoms with van der Waals surface area (Å²) in [6.45, 7) is 1.86. The standard InChI is InChI=1S/C26H34N2O5S/c1-31-15-14-27(26(30)19-7-3-4-8-19)17-25(29)28-13-11-24-20(12-16-34-24)21(28)18-33-23-10-6-5-9-22(23)32-2/h5-6,9-10,12,16,19,21H,3-4,7-8,11,13-15,17-18H2,1-2H3/t21-/m0/s1. The van der Waals surface area contributed by atoms with Gasteiger partial charge in [-0.1, -0.05) is 25.0 Å². The molecule has 0 bridgehead atoms. The van der Waals surface area contributed by atoms with Crippen molar-refractivity contribution in [2.75, 3.05) is 47.1 Å². The van der Waals surface area contributed by atoms with E-state index in [9.17, 15) is 9.59 Å². The van der Waals surface area contributed by atoms with Gasteiger partial charge in [-0.05, 0) is 48.4 Å². The largest absolute Gasteiger partial charge is 0.493 e. The van der Waals surface area contributed by atoms with Crippen LogP contribution in [0.1, 0.15) is 42.2 Å². The normalized spacial score (nSPS) is 17.9. The topological polar surface area (TPSA) is 68.3 Å². The van der Waals surface area contributed by atoms with Crippen LogP contribution in [0.4, 0.5) is 0 Å². The summed E-state index contributed by atoms with van der Waals surface area (Å²) in [6, 6.07) is 9.40. The van der Waals surface area contributed by atoms with Gasteiger partial charge in [0.1, 0.15) is 6.61 Å². The maximum absolute atomic E-state index is 13.6. The molecule has 2 amide bonds. The first kappa shape index (κ1) is 24.5. The van der Waals surface area contributed by atoms with E-state index in [0.29, 0.717) is 37.8 Å². The molecule has 184 valence electrons. The molecule has 1 aliphatic carbocycles. The third kappa shape index (κ3) is 5.55. The average Bonchev–Trinajstić information content (AvgIpc) is 3.57. The first-order valence-corrected chi connectivity index (χ1v) is 12.9. The molecule has 1 saturated carbocycles. The van der Waals surface area contributed by atoms with Crippen LogP contribution in [0.3, 0.4) is 0 Å². The van der Waals surface area contributed by atoms with Gasteiger partial charge in [0.15, 0.2) is 11.5 Å². The number of fused-ring (bicyclic) bond motifs is 1. The van der Waals surface area contributed by atoms with Gasteiger partial charge in [0.2, 0.25) is 11.8 Å². The molecule has 34 heavy (non-hydrogen) atoms. The molecule has 1 atom stereocenters. The van der Waals surface area contributed by atoms with Gasteiger partial charge in [-0.25, -0.2) is 0 Å². The van der Waals surface area contributed by atoms with Crippen LogP contribution in [0.2, 0.25) is 0 Å². The van der Waals surface area contributed by atoms with Crippen LogP contribution < -0.4 is 9.47 Å². The van der Waals surface area contributed by atoms with Crippen LogP contribution in [-0.4, -0.2) is 68.7 Å². The lowest BCUT2D eigenvalue weighted by molar-refractivity contribution is -0.145. The molecule has 2 heterocycles. The van der Waals surface area contributed by atoms with Crippen LogP contribution in [0, 0.1) is 5.92 Å². The minimum atomic E-state index is -0.210. The Labute approximate surface area is 205 Å². The van der Waals surface area contributed by atoms with Crippen molar-refractivity contribution in [3.8, 4) is 11.5 Å². The Kier molecular flexibility index (Phi) is 8.45. The number of carbonyl (C=O) groups is 2. The van der Waals surface area contributed by atoms with Gasteiger partial charge in [-0.15, -0.1) is 11.3 Å². The maximum atomic E-state index is 13.6. The van der Waals surface area contributed by atoms with Gasteiger partial charge < -0.3 is 24.0 Å². The van der Waals surface area contributed by atoms with Crippen molar-refractivity contribution in [1.29, 1.82) is 0 Å². The zero-order chi connectivity index (χ0) is 23.9. The number of hydrogen-bond acceptors (Lipinski definition) is 6. The second-order valence-corrected chi connectivity index (χ2v) is 9.85. The van der Waals surface area contributed by atoms with Crippen molar-refractivity contribution < 1.29 is 23.8 Å². The second-order valence-electron chi connectivity index (χ2n) is 8.85. The molecule has 2 aromatic rings. The molecule has 0 N–H and O–H groups in total. The highest BCUT2D eigenvalue weighted by Gasteiger charge is 2.35. The minimum absolute atomic E-state index is 0.0270. The van der Waals surface area contributed by atoms with Gasteiger partial charge in [-0.3, -0.25) is 9.59 Å². The van der Waals surface area contributed by atoms with Gasteiger partial charge in [0.25, 0.3) is 0 Å². The van der Waals surface area contributed by atoms with E-state index < -0.39 is 0 Å². The Morgan fingerprint density at radius 3 is 2.62 bits per heavy atom. The summed E-state index contributed by atoms with van der Waals surface area (Å²) >= 11 is 1.72. The van der Waals surface area contributed by atoms with Gasteiger partial charge >= 0.3 is 0 Å². The molecule has 0 saturated heterocycles. The lowest BCUT2D eigenvalue weighted by Gasteiger charge is -2.37. The molecule has 0 spiro atoms. The van der Waals surface area contributed by atoms with Crippen molar-refractivity contribution in [1.82, 2.24) is 9.80 Å². The molecule has 1 aliphatic heterocycles. The van der Waals surface area contributed by atoms with E-state index in [4.69, 9.17) is 14.2 Å². The molecule has 0 unspecified atom stereocenters. The summed E-state index contributed by atoms with van der Waals surface area (Å²) in [5.74, 6) is 1.37. The summed E-state index contributed by atoms with van der Waals surface area (Å²) in [6.07, 6.45) is 4.80. The number of para-hydroxylation sites is 2. The number of amides is 2. The number of methoxy groups -OCH3 is 2. The van der Waals surface area contributed by atoms with Crippen LogP contribution in [-0.2, 0) is 20.7 Å². The summed E-state index contributed by atoms with van der Waals surface area (Å²) < 4.78 is 16.8. The molecule has 4 rings (SSSR count). The van der Waals surface area contributed by atoms with E-state index in [-0.39, 0.29) is 30.3 Å².